The number of rotatable bonds is 3. The molecule has 0 aromatic heterocycles. The smallest absolute Gasteiger partial charge is 0.227 e. The standard InChI is InChI=1S/C5H11NOS/c1-4(2)8-3-5(6)7/h4H,3H2,1-2H3,(H2,6,7). The van der Waals surface area contributed by atoms with E-state index in [4.69, 9.17) is 5.73 Å². The molecule has 1 amide bonds. The van der Waals surface area contributed by atoms with Gasteiger partial charge in [-0.05, 0) is 5.25 Å². The van der Waals surface area contributed by atoms with Crippen molar-refractivity contribution >= 4 is 17.7 Å². The first-order valence-electron chi connectivity index (χ1n) is 2.53. The second kappa shape index (κ2) is 3.78. The molecule has 0 aliphatic carbocycles. The molecular formula is C5H11NOS. The second-order valence-corrected chi connectivity index (χ2v) is 3.39. The van der Waals surface area contributed by atoms with Gasteiger partial charge < -0.3 is 5.73 Å². The number of primary amides is 1. The Kier molecular flexibility index (Phi) is 3.69. The molecule has 0 aromatic carbocycles. The number of thioether (sulfide) groups is 1. The number of hydrogen-bond donors (Lipinski definition) is 1. The van der Waals surface area contributed by atoms with Crippen molar-refractivity contribution < 1.29 is 4.79 Å². The molecule has 0 heterocycles. The van der Waals surface area contributed by atoms with E-state index in [0.717, 1.165) is 0 Å². The molecule has 2 nitrogen and oxygen atoms in total. The third-order valence-corrected chi connectivity index (χ3v) is 1.68. The summed E-state index contributed by atoms with van der Waals surface area (Å²) < 4.78 is 0. The number of amides is 1. The van der Waals surface area contributed by atoms with Crippen molar-refractivity contribution in [3.05, 3.63) is 0 Å². The summed E-state index contributed by atoms with van der Waals surface area (Å²) in [4.78, 5) is 10.1. The number of hydrogen-bond acceptors (Lipinski definition) is 2. The Balaban J connectivity index is 3.05. The molecule has 0 aliphatic heterocycles. The molecule has 48 valence electrons. The minimum Gasteiger partial charge on any atom is -0.369 e. The molecule has 0 rings (SSSR count). The highest BCUT2D eigenvalue weighted by Gasteiger charge is 1.96. The maximum absolute atomic E-state index is 10.1. The molecule has 0 aliphatic rings. The van der Waals surface area contributed by atoms with Gasteiger partial charge in [0.1, 0.15) is 0 Å². The molecule has 8 heavy (non-hydrogen) atoms. The van der Waals surface area contributed by atoms with Crippen molar-refractivity contribution in [3.63, 3.8) is 0 Å². The second-order valence-electron chi connectivity index (χ2n) is 1.83. The minimum atomic E-state index is -0.233. The summed E-state index contributed by atoms with van der Waals surface area (Å²) in [5, 5.41) is 0.502. The van der Waals surface area contributed by atoms with Crippen LogP contribution in [-0.2, 0) is 4.79 Å². The van der Waals surface area contributed by atoms with Crippen molar-refractivity contribution in [2.24, 2.45) is 5.73 Å². The van der Waals surface area contributed by atoms with Gasteiger partial charge >= 0.3 is 0 Å². The van der Waals surface area contributed by atoms with Crippen LogP contribution in [0.3, 0.4) is 0 Å². The molecule has 0 saturated carbocycles. The normalized spacial score (nSPS) is 9.88. The van der Waals surface area contributed by atoms with Crippen molar-refractivity contribution in [1.29, 1.82) is 0 Å². The van der Waals surface area contributed by atoms with E-state index in [-0.39, 0.29) is 5.91 Å². The maximum Gasteiger partial charge on any atom is 0.227 e. The molecule has 0 saturated heterocycles. The van der Waals surface area contributed by atoms with E-state index in [2.05, 4.69) is 0 Å². The fourth-order valence-electron chi connectivity index (χ4n) is 0.249. The van der Waals surface area contributed by atoms with Crippen LogP contribution in [0.2, 0.25) is 0 Å². The van der Waals surface area contributed by atoms with Crippen molar-refractivity contribution in [3.8, 4) is 0 Å². The minimum absolute atomic E-state index is 0.233. The lowest BCUT2D eigenvalue weighted by atomic mass is 10.6. The van der Waals surface area contributed by atoms with Crippen molar-refractivity contribution in [2.75, 3.05) is 5.75 Å². The van der Waals surface area contributed by atoms with Gasteiger partial charge in [0, 0.05) is 0 Å². The van der Waals surface area contributed by atoms with Crippen molar-refractivity contribution in [2.45, 2.75) is 19.1 Å². The summed E-state index contributed by atoms with van der Waals surface area (Å²) in [6.07, 6.45) is 0. The Bertz CT molecular complexity index is 82.5. The third-order valence-electron chi connectivity index (χ3n) is 0.559. The highest BCUT2D eigenvalue weighted by atomic mass is 32.2. The quantitative estimate of drug-likeness (QED) is 0.613. The van der Waals surface area contributed by atoms with E-state index in [0.29, 0.717) is 11.0 Å². The van der Waals surface area contributed by atoms with Crippen LogP contribution >= 0.6 is 11.8 Å². The first-order valence-corrected chi connectivity index (χ1v) is 3.57. The van der Waals surface area contributed by atoms with Crippen LogP contribution in [0.1, 0.15) is 13.8 Å². The predicted molar refractivity (Wildman–Crippen MR) is 36.8 cm³/mol. The van der Waals surface area contributed by atoms with E-state index in [9.17, 15) is 4.79 Å². The van der Waals surface area contributed by atoms with Gasteiger partial charge in [-0.2, -0.15) is 0 Å². The predicted octanol–water partition coefficient (Wildman–Crippen LogP) is 0.613. The Morgan fingerprint density at radius 2 is 2.25 bits per heavy atom. The van der Waals surface area contributed by atoms with Gasteiger partial charge in [-0.15, -0.1) is 11.8 Å². The lowest BCUT2D eigenvalue weighted by Crippen LogP contribution is -2.14. The fraction of sp³-hybridized carbons (Fsp3) is 0.800. The highest BCUT2D eigenvalue weighted by molar-refractivity contribution is 8.00. The Morgan fingerprint density at radius 3 is 2.38 bits per heavy atom. The molecule has 0 unspecified atom stereocenters. The van der Waals surface area contributed by atoms with E-state index >= 15 is 0 Å². The molecule has 0 fully saturated rings. The zero-order valence-electron chi connectivity index (χ0n) is 5.18. The van der Waals surface area contributed by atoms with Crippen LogP contribution in [0, 0.1) is 0 Å². The average molecular weight is 133 g/mol. The van der Waals surface area contributed by atoms with Gasteiger partial charge in [-0.25, -0.2) is 0 Å². The van der Waals surface area contributed by atoms with Crippen LogP contribution in [0.4, 0.5) is 0 Å². The molecule has 0 radical (unpaired) electrons. The molecule has 0 aromatic rings. The van der Waals surface area contributed by atoms with Gasteiger partial charge in [0.05, 0.1) is 5.75 Å². The lowest BCUT2D eigenvalue weighted by Gasteiger charge is -1.98. The SMILES string of the molecule is CC(C)SCC(N)=O. The molecule has 0 atom stereocenters. The topological polar surface area (TPSA) is 43.1 Å². The largest absolute Gasteiger partial charge is 0.369 e. The summed E-state index contributed by atoms with van der Waals surface area (Å²) in [6, 6.07) is 0. The van der Waals surface area contributed by atoms with E-state index < -0.39 is 0 Å². The van der Waals surface area contributed by atoms with Crippen LogP contribution in [0.5, 0.6) is 0 Å². The molecule has 0 bridgehead atoms. The summed E-state index contributed by atoms with van der Waals surface area (Å²) in [5.41, 5.74) is 4.88. The third kappa shape index (κ3) is 5.82. The van der Waals surface area contributed by atoms with Gasteiger partial charge in [-0.1, -0.05) is 13.8 Å². The van der Waals surface area contributed by atoms with E-state index in [1.165, 1.54) is 0 Å². The van der Waals surface area contributed by atoms with Gasteiger partial charge in [-0.3, -0.25) is 4.79 Å². The summed E-state index contributed by atoms with van der Waals surface area (Å²) in [6.45, 7) is 4.07. The number of carbonyl (C=O) groups is 1. The zero-order chi connectivity index (χ0) is 6.57. The average Bonchev–Trinajstić information content (AvgIpc) is 1.61. The highest BCUT2D eigenvalue weighted by Crippen LogP contribution is 2.06. The van der Waals surface area contributed by atoms with Gasteiger partial charge in [0.25, 0.3) is 0 Å². The van der Waals surface area contributed by atoms with Crippen LogP contribution in [-0.4, -0.2) is 16.9 Å². The van der Waals surface area contributed by atoms with Crippen molar-refractivity contribution in [1.82, 2.24) is 0 Å². The van der Waals surface area contributed by atoms with E-state index in [1.54, 1.807) is 11.8 Å². The summed E-state index contributed by atoms with van der Waals surface area (Å²) >= 11 is 1.56. The zero-order valence-corrected chi connectivity index (χ0v) is 5.99. The number of carbonyl (C=O) groups excluding carboxylic acids is 1. The molecule has 3 heteroatoms. The van der Waals surface area contributed by atoms with Crippen LogP contribution < -0.4 is 5.73 Å². The molecular weight excluding hydrogens is 122 g/mol. The maximum atomic E-state index is 10.1. The first kappa shape index (κ1) is 7.82. The summed E-state index contributed by atoms with van der Waals surface area (Å²) in [5.74, 6) is 0.209. The Hall–Kier alpha value is -0.180. The van der Waals surface area contributed by atoms with Gasteiger partial charge in [0.15, 0.2) is 0 Å². The monoisotopic (exact) mass is 133 g/mol. The fourth-order valence-corrected chi connectivity index (χ4v) is 0.746. The lowest BCUT2D eigenvalue weighted by molar-refractivity contribution is -0.115. The Morgan fingerprint density at radius 1 is 1.75 bits per heavy atom. The van der Waals surface area contributed by atoms with Gasteiger partial charge in [0.2, 0.25) is 5.91 Å². The number of nitrogens with two attached hydrogens (primary N) is 1. The van der Waals surface area contributed by atoms with Crippen LogP contribution in [0.25, 0.3) is 0 Å². The first-order chi connectivity index (χ1) is 3.63. The summed E-state index contributed by atoms with van der Waals surface area (Å²) in [7, 11) is 0. The van der Waals surface area contributed by atoms with E-state index in [1.807, 2.05) is 13.8 Å². The Labute approximate surface area is 53.8 Å². The molecule has 0 spiro atoms. The molecule has 2 N–H and O–H groups in total. The van der Waals surface area contributed by atoms with Crippen LogP contribution in [0.15, 0.2) is 0 Å².